The van der Waals surface area contributed by atoms with Gasteiger partial charge in [0.2, 0.25) is 0 Å². The predicted octanol–water partition coefficient (Wildman–Crippen LogP) is 1.70. The number of piperazine rings is 1. The van der Waals surface area contributed by atoms with Crippen LogP contribution in [0.4, 0.5) is 0 Å². The number of nitrogens with zero attached hydrogens (tertiary/aromatic N) is 3. The van der Waals surface area contributed by atoms with Crippen LogP contribution in [-0.4, -0.2) is 57.8 Å². The number of hydrogen-bond acceptors (Lipinski definition) is 5. The number of benzene rings is 1. The van der Waals surface area contributed by atoms with Crippen molar-refractivity contribution in [3.63, 3.8) is 0 Å². The Kier molecular flexibility index (Phi) is 5.50. The van der Waals surface area contributed by atoms with Crippen LogP contribution in [0.1, 0.15) is 24.6 Å². The molecule has 1 amide bonds. The fourth-order valence-electron chi connectivity index (χ4n) is 3.14. The summed E-state index contributed by atoms with van der Waals surface area (Å²) in [5.74, 6) is -0.176. The molecule has 0 spiro atoms. The molecule has 1 saturated heterocycles. The highest BCUT2D eigenvalue weighted by atomic mass is 16.5. The van der Waals surface area contributed by atoms with Crippen LogP contribution < -0.4 is 0 Å². The zero-order valence-electron chi connectivity index (χ0n) is 14.6. The van der Waals surface area contributed by atoms with E-state index in [0.717, 1.165) is 30.9 Å². The van der Waals surface area contributed by atoms with Crippen LogP contribution in [0.15, 0.2) is 47.2 Å². The van der Waals surface area contributed by atoms with Crippen LogP contribution in [0.3, 0.4) is 0 Å². The van der Waals surface area contributed by atoms with Gasteiger partial charge in [-0.15, -0.1) is 0 Å². The molecule has 1 atom stereocenters. The van der Waals surface area contributed by atoms with Crippen molar-refractivity contribution in [2.75, 3.05) is 26.2 Å². The van der Waals surface area contributed by atoms with E-state index in [4.69, 9.17) is 4.52 Å². The summed E-state index contributed by atoms with van der Waals surface area (Å²) in [6, 6.07) is 11.8. The van der Waals surface area contributed by atoms with Gasteiger partial charge in [0.25, 0.3) is 5.91 Å². The molecule has 1 unspecified atom stereocenters. The highest BCUT2D eigenvalue weighted by molar-refractivity contribution is 5.84. The Hall–Kier alpha value is -2.18. The molecule has 1 fully saturated rings. The molecule has 1 aromatic carbocycles. The minimum Gasteiger partial charge on any atom is -0.380 e. The van der Waals surface area contributed by atoms with Gasteiger partial charge in [0.05, 0.1) is 5.69 Å². The number of aryl methyl sites for hydroxylation is 1. The maximum absolute atomic E-state index is 12.7. The molecule has 25 heavy (non-hydrogen) atoms. The Labute approximate surface area is 148 Å². The lowest BCUT2D eigenvalue weighted by molar-refractivity contribution is -0.152. The second kappa shape index (κ2) is 7.80. The van der Waals surface area contributed by atoms with Gasteiger partial charge in [-0.3, -0.25) is 9.69 Å². The summed E-state index contributed by atoms with van der Waals surface area (Å²) in [6.07, 6.45) is 2.68. The Morgan fingerprint density at radius 3 is 2.56 bits per heavy atom. The lowest BCUT2D eigenvalue weighted by Crippen LogP contribution is -2.54. The van der Waals surface area contributed by atoms with Gasteiger partial charge in [0.15, 0.2) is 0 Å². The molecule has 6 nitrogen and oxygen atoms in total. The Morgan fingerprint density at radius 2 is 1.92 bits per heavy atom. The van der Waals surface area contributed by atoms with E-state index < -0.39 is 5.60 Å². The van der Waals surface area contributed by atoms with Crippen molar-refractivity contribution in [3.8, 4) is 0 Å². The standard InChI is InChI=1S/C19H25N3O3/c1-19(24,9-7-16-5-3-2-4-6-16)18(23)22-12-10-21(11-13-22)15-17-8-14-25-20-17/h2-6,8,14,24H,7,9-13,15H2,1H3. The quantitative estimate of drug-likeness (QED) is 0.865. The van der Waals surface area contributed by atoms with E-state index >= 15 is 0 Å². The largest absolute Gasteiger partial charge is 0.380 e. The third-order valence-electron chi connectivity index (χ3n) is 4.74. The molecule has 0 aliphatic carbocycles. The number of aliphatic hydroxyl groups is 1. The van der Waals surface area contributed by atoms with E-state index in [0.29, 0.717) is 25.9 Å². The highest BCUT2D eigenvalue weighted by Crippen LogP contribution is 2.19. The van der Waals surface area contributed by atoms with Gasteiger partial charge in [-0.05, 0) is 25.3 Å². The second-order valence-electron chi connectivity index (χ2n) is 6.82. The number of aromatic nitrogens is 1. The first-order chi connectivity index (χ1) is 12.0. The number of carbonyl (C=O) groups excluding carboxylic acids is 1. The van der Waals surface area contributed by atoms with Crippen molar-refractivity contribution in [1.82, 2.24) is 15.0 Å². The lowest BCUT2D eigenvalue weighted by Gasteiger charge is -2.37. The van der Waals surface area contributed by atoms with Crippen molar-refractivity contribution in [2.45, 2.75) is 31.9 Å². The number of amides is 1. The summed E-state index contributed by atoms with van der Waals surface area (Å²) in [6.45, 7) is 5.14. The minimum atomic E-state index is -1.33. The molecule has 1 aromatic heterocycles. The first-order valence-corrected chi connectivity index (χ1v) is 8.72. The summed E-state index contributed by atoms with van der Waals surface area (Å²) in [5, 5.41) is 14.6. The maximum Gasteiger partial charge on any atom is 0.254 e. The Morgan fingerprint density at radius 1 is 1.20 bits per heavy atom. The van der Waals surface area contributed by atoms with Crippen molar-refractivity contribution < 1.29 is 14.4 Å². The van der Waals surface area contributed by atoms with Gasteiger partial charge < -0.3 is 14.5 Å². The van der Waals surface area contributed by atoms with Crippen LogP contribution in [0, 0.1) is 0 Å². The zero-order valence-corrected chi connectivity index (χ0v) is 14.6. The number of hydrogen-bond donors (Lipinski definition) is 1. The molecular weight excluding hydrogens is 318 g/mol. The van der Waals surface area contributed by atoms with Crippen molar-refractivity contribution in [3.05, 3.63) is 53.9 Å². The molecule has 0 saturated carbocycles. The fourth-order valence-corrected chi connectivity index (χ4v) is 3.14. The molecule has 0 bridgehead atoms. The second-order valence-corrected chi connectivity index (χ2v) is 6.82. The van der Waals surface area contributed by atoms with E-state index in [-0.39, 0.29) is 5.91 Å². The maximum atomic E-state index is 12.7. The van der Waals surface area contributed by atoms with Crippen LogP contribution in [0.5, 0.6) is 0 Å². The Balaban J connectivity index is 1.49. The van der Waals surface area contributed by atoms with E-state index in [9.17, 15) is 9.90 Å². The van der Waals surface area contributed by atoms with Crippen LogP contribution >= 0.6 is 0 Å². The van der Waals surface area contributed by atoms with Crippen LogP contribution in [0.25, 0.3) is 0 Å². The average molecular weight is 343 g/mol. The monoisotopic (exact) mass is 343 g/mol. The topological polar surface area (TPSA) is 69.8 Å². The van der Waals surface area contributed by atoms with E-state index in [1.165, 1.54) is 0 Å². The summed E-state index contributed by atoms with van der Waals surface area (Å²) in [5.41, 5.74) is 0.701. The molecule has 0 radical (unpaired) electrons. The smallest absolute Gasteiger partial charge is 0.254 e. The zero-order chi connectivity index (χ0) is 17.7. The van der Waals surface area contributed by atoms with E-state index in [2.05, 4.69) is 10.1 Å². The van der Waals surface area contributed by atoms with Crippen molar-refractivity contribution >= 4 is 5.91 Å². The molecule has 6 heteroatoms. The Bertz CT molecular complexity index is 662. The van der Waals surface area contributed by atoms with Gasteiger partial charge in [-0.25, -0.2) is 0 Å². The molecular formula is C19H25N3O3. The van der Waals surface area contributed by atoms with E-state index in [1.807, 2.05) is 36.4 Å². The molecule has 134 valence electrons. The van der Waals surface area contributed by atoms with Gasteiger partial charge in [0.1, 0.15) is 11.9 Å². The van der Waals surface area contributed by atoms with Crippen LogP contribution in [0.2, 0.25) is 0 Å². The average Bonchev–Trinajstić information content (AvgIpc) is 3.14. The third-order valence-corrected chi connectivity index (χ3v) is 4.74. The van der Waals surface area contributed by atoms with Gasteiger partial charge in [-0.1, -0.05) is 35.5 Å². The molecule has 1 aliphatic rings. The lowest BCUT2D eigenvalue weighted by atomic mass is 9.95. The van der Waals surface area contributed by atoms with Gasteiger partial charge >= 0.3 is 0 Å². The normalized spacial score (nSPS) is 18.1. The molecule has 2 heterocycles. The fraction of sp³-hybridized carbons (Fsp3) is 0.474. The third kappa shape index (κ3) is 4.67. The molecule has 1 aliphatic heterocycles. The van der Waals surface area contributed by atoms with Gasteiger partial charge in [0, 0.05) is 38.8 Å². The summed E-state index contributed by atoms with van der Waals surface area (Å²) >= 11 is 0. The molecule has 2 aromatic rings. The number of carbonyl (C=O) groups is 1. The van der Waals surface area contributed by atoms with Crippen molar-refractivity contribution in [2.24, 2.45) is 0 Å². The van der Waals surface area contributed by atoms with Crippen molar-refractivity contribution in [1.29, 1.82) is 0 Å². The summed E-state index contributed by atoms with van der Waals surface area (Å²) in [4.78, 5) is 16.7. The SMILES string of the molecule is CC(O)(CCc1ccccc1)C(=O)N1CCN(Cc2ccon2)CC1. The summed E-state index contributed by atoms with van der Waals surface area (Å²) in [7, 11) is 0. The summed E-state index contributed by atoms with van der Waals surface area (Å²) < 4.78 is 4.85. The first-order valence-electron chi connectivity index (χ1n) is 8.72. The predicted molar refractivity (Wildman–Crippen MR) is 93.7 cm³/mol. The van der Waals surface area contributed by atoms with Crippen LogP contribution in [-0.2, 0) is 17.8 Å². The number of rotatable bonds is 6. The molecule has 3 rings (SSSR count). The van der Waals surface area contributed by atoms with Gasteiger partial charge in [-0.2, -0.15) is 0 Å². The molecule has 1 N–H and O–H groups in total. The first kappa shape index (κ1) is 17.6. The van der Waals surface area contributed by atoms with E-state index in [1.54, 1.807) is 18.1 Å². The highest BCUT2D eigenvalue weighted by Gasteiger charge is 2.35. The minimum absolute atomic E-state index is 0.176.